The van der Waals surface area contributed by atoms with E-state index in [0.717, 1.165) is 18.5 Å². The van der Waals surface area contributed by atoms with Crippen molar-refractivity contribution in [1.29, 1.82) is 0 Å². The van der Waals surface area contributed by atoms with Crippen LogP contribution in [-0.4, -0.2) is 30.5 Å². The molecule has 0 aliphatic carbocycles. The van der Waals surface area contributed by atoms with Crippen molar-refractivity contribution >= 4 is 18.1 Å². The first-order valence-electron chi connectivity index (χ1n) is 6.09. The molecule has 5 heteroatoms. The van der Waals surface area contributed by atoms with Crippen LogP contribution < -0.4 is 5.32 Å². The van der Waals surface area contributed by atoms with Gasteiger partial charge >= 0.3 is 0 Å². The molecule has 1 N–H and O–H groups in total. The molecule has 1 aromatic carbocycles. The Morgan fingerprint density at radius 2 is 2.17 bits per heavy atom. The first-order valence-corrected chi connectivity index (χ1v) is 6.09. The molecule has 0 atom stereocenters. The summed E-state index contributed by atoms with van der Waals surface area (Å²) in [5.74, 6) is -2.49. The Kier molecular flexibility index (Phi) is 3.78. The standard InChI is InChI=1S/C13H16F2N2.ClH/c14-13(15)5-7-17(9-13)8-11-3-1-2-10-4-6-16-12(10)11;/h1-3,16H,4-9H2;1H. The molecule has 2 heterocycles. The van der Waals surface area contributed by atoms with Crippen molar-refractivity contribution in [3.8, 4) is 0 Å². The quantitative estimate of drug-likeness (QED) is 0.892. The van der Waals surface area contributed by atoms with Crippen molar-refractivity contribution in [3.63, 3.8) is 0 Å². The first kappa shape index (κ1) is 13.6. The minimum Gasteiger partial charge on any atom is -0.384 e. The number of hydrogen-bond acceptors (Lipinski definition) is 2. The van der Waals surface area contributed by atoms with Crippen LogP contribution in [0, 0.1) is 0 Å². The highest BCUT2D eigenvalue weighted by Crippen LogP contribution is 2.31. The molecular formula is C13H17ClF2N2. The van der Waals surface area contributed by atoms with E-state index < -0.39 is 5.92 Å². The second-order valence-electron chi connectivity index (χ2n) is 4.94. The second kappa shape index (κ2) is 5.02. The van der Waals surface area contributed by atoms with Gasteiger partial charge in [-0.15, -0.1) is 12.4 Å². The van der Waals surface area contributed by atoms with Crippen molar-refractivity contribution in [1.82, 2.24) is 4.90 Å². The van der Waals surface area contributed by atoms with Crippen LogP contribution in [0.2, 0.25) is 0 Å². The number of alkyl halides is 2. The largest absolute Gasteiger partial charge is 0.384 e. The Hall–Kier alpha value is -0.870. The van der Waals surface area contributed by atoms with Crippen molar-refractivity contribution in [3.05, 3.63) is 29.3 Å². The number of nitrogens with zero attached hydrogens (tertiary/aromatic N) is 1. The van der Waals surface area contributed by atoms with Crippen LogP contribution in [0.25, 0.3) is 0 Å². The van der Waals surface area contributed by atoms with Gasteiger partial charge < -0.3 is 5.32 Å². The number of benzene rings is 1. The monoisotopic (exact) mass is 274 g/mol. The van der Waals surface area contributed by atoms with Crippen LogP contribution in [0.5, 0.6) is 0 Å². The van der Waals surface area contributed by atoms with E-state index in [2.05, 4.69) is 11.4 Å². The van der Waals surface area contributed by atoms with Crippen molar-refractivity contribution in [2.75, 3.05) is 25.0 Å². The Morgan fingerprint density at radius 3 is 2.89 bits per heavy atom. The highest BCUT2D eigenvalue weighted by atomic mass is 35.5. The Balaban J connectivity index is 0.00000120. The van der Waals surface area contributed by atoms with Crippen LogP contribution in [0.1, 0.15) is 17.5 Å². The van der Waals surface area contributed by atoms with Crippen LogP contribution in [0.15, 0.2) is 18.2 Å². The maximum absolute atomic E-state index is 13.1. The highest BCUT2D eigenvalue weighted by Gasteiger charge is 2.38. The summed E-state index contributed by atoms with van der Waals surface area (Å²) in [5.41, 5.74) is 3.63. The van der Waals surface area contributed by atoms with Crippen LogP contribution in [0.4, 0.5) is 14.5 Å². The average molecular weight is 275 g/mol. The first-order chi connectivity index (χ1) is 8.14. The van der Waals surface area contributed by atoms with E-state index in [1.54, 1.807) is 0 Å². The van der Waals surface area contributed by atoms with Gasteiger partial charge in [-0.05, 0) is 17.5 Å². The van der Waals surface area contributed by atoms with Crippen molar-refractivity contribution < 1.29 is 8.78 Å². The minimum absolute atomic E-state index is 0. The molecule has 3 rings (SSSR count). The molecule has 0 bridgehead atoms. The minimum atomic E-state index is -2.49. The molecule has 1 aromatic rings. The number of para-hydroxylation sites is 1. The Bertz CT molecular complexity index is 437. The molecule has 0 unspecified atom stereocenters. The molecule has 2 nitrogen and oxygen atoms in total. The van der Waals surface area contributed by atoms with Gasteiger partial charge in [0.05, 0.1) is 6.54 Å². The van der Waals surface area contributed by atoms with Crippen LogP contribution >= 0.6 is 12.4 Å². The van der Waals surface area contributed by atoms with Gasteiger partial charge in [-0.3, -0.25) is 4.90 Å². The number of anilines is 1. The highest BCUT2D eigenvalue weighted by molar-refractivity contribution is 5.85. The van der Waals surface area contributed by atoms with E-state index in [-0.39, 0.29) is 25.4 Å². The molecule has 2 aliphatic heterocycles. The van der Waals surface area contributed by atoms with Gasteiger partial charge in [0, 0.05) is 31.7 Å². The normalized spacial score (nSPS) is 21.2. The molecule has 1 fully saturated rings. The smallest absolute Gasteiger partial charge is 0.261 e. The van der Waals surface area contributed by atoms with E-state index in [0.29, 0.717) is 13.1 Å². The lowest BCUT2D eigenvalue weighted by Crippen LogP contribution is -2.25. The van der Waals surface area contributed by atoms with Crippen molar-refractivity contribution in [2.24, 2.45) is 0 Å². The van der Waals surface area contributed by atoms with Crippen LogP contribution in [-0.2, 0) is 13.0 Å². The van der Waals surface area contributed by atoms with Gasteiger partial charge in [0.15, 0.2) is 0 Å². The zero-order chi connectivity index (χ0) is 11.9. The number of halogens is 3. The van der Waals surface area contributed by atoms with Gasteiger partial charge in [-0.1, -0.05) is 18.2 Å². The number of likely N-dealkylation sites (tertiary alicyclic amines) is 1. The van der Waals surface area contributed by atoms with Gasteiger partial charge in [-0.2, -0.15) is 0 Å². The van der Waals surface area contributed by atoms with Gasteiger partial charge in [0.1, 0.15) is 0 Å². The fourth-order valence-corrected chi connectivity index (χ4v) is 2.73. The Labute approximate surface area is 112 Å². The molecule has 0 radical (unpaired) electrons. The maximum Gasteiger partial charge on any atom is 0.261 e. The van der Waals surface area contributed by atoms with Gasteiger partial charge in [0.25, 0.3) is 5.92 Å². The SMILES string of the molecule is Cl.FC1(F)CCN(Cc2cccc3c2NCC3)C1. The van der Waals surface area contributed by atoms with E-state index in [4.69, 9.17) is 0 Å². The molecule has 0 saturated carbocycles. The summed E-state index contributed by atoms with van der Waals surface area (Å²) in [4.78, 5) is 1.84. The lowest BCUT2D eigenvalue weighted by Gasteiger charge is -2.17. The van der Waals surface area contributed by atoms with Gasteiger partial charge in [0.2, 0.25) is 0 Å². The molecule has 18 heavy (non-hydrogen) atoms. The van der Waals surface area contributed by atoms with Crippen LogP contribution in [0.3, 0.4) is 0 Å². The third-order valence-electron chi connectivity index (χ3n) is 3.58. The summed E-state index contributed by atoms with van der Waals surface area (Å²) in [6.45, 7) is 1.99. The predicted molar refractivity (Wildman–Crippen MR) is 70.7 cm³/mol. The number of hydrogen-bond donors (Lipinski definition) is 1. The van der Waals surface area contributed by atoms with E-state index in [1.807, 2.05) is 17.0 Å². The lowest BCUT2D eigenvalue weighted by atomic mass is 10.1. The summed E-state index contributed by atoms with van der Waals surface area (Å²) in [7, 11) is 0. The fourth-order valence-electron chi connectivity index (χ4n) is 2.73. The maximum atomic E-state index is 13.1. The summed E-state index contributed by atoms with van der Waals surface area (Å²) in [6, 6.07) is 6.17. The zero-order valence-corrected chi connectivity index (χ0v) is 10.9. The second-order valence-corrected chi connectivity index (χ2v) is 4.94. The average Bonchev–Trinajstić information content (AvgIpc) is 2.85. The number of rotatable bonds is 2. The summed E-state index contributed by atoms with van der Waals surface area (Å²) < 4.78 is 26.2. The fraction of sp³-hybridized carbons (Fsp3) is 0.538. The Morgan fingerprint density at radius 1 is 1.33 bits per heavy atom. The van der Waals surface area contributed by atoms with Crippen molar-refractivity contribution in [2.45, 2.75) is 25.3 Å². The molecule has 2 aliphatic rings. The van der Waals surface area contributed by atoms with E-state index in [1.165, 1.54) is 11.3 Å². The summed E-state index contributed by atoms with van der Waals surface area (Å²) >= 11 is 0. The zero-order valence-electron chi connectivity index (χ0n) is 10.1. The molecule has 0 aromatic heterocycles. The predicted octanol–water partition coefficient (Wildman–Crippen LogP) is 2.92. The number of fused-ring (bicyclic) bond motifs is 1. The van der Waals surface area contributed by atoms with E-state index >= 15 is 0 Å². The third kappa shape index (κ3) is 2.59. The molecule has 0 spiro atoms. The van der Waals surface area contributed by atoms with Gasteiger partial charge in [-0.25, -0.2) is 8.78 Å². The lowest BCUT2D eigenvalue weighted by molar-refractivity contribution is 0.0115. The molecular weight excluding hydrogens is 258 g/mol. The molecule has 0 amide bonds. The number of nitrogens with one attached hydrogen (secondary N) is 1. The molecule has 1 saturated heterocycles. The summed E-state index contributed by atoms with van der Waals surface area (Å²) in [6.07, 6.45) is 1.04. The summed E-state index contributed by atoms with van der Waals surface area (Å²) in [5, 5.41) is 3.35. The van der Waals surface area contributed by atoms with E-state index in [9.17, 15) is 8.78 Å². The topological polar surface area (TPSA) is 15.3 Å². The third-order valence-corrected chi connectivity index (χ3v) is 3.58. The molecule has 100 valence electrons.